The molecule has 2 amide bonds. The second kappa shape index (κ2) is 5.60. The first-order chi connectivity index (χ1) is 10.1. The highest BCUT2D eigenvalue weighted by Gasteiger charge is 2.47. The zero-order chi connectivity index (χ0) is 15.0. The third kappa shape index (κ3) is 2.60. The van der Waals surface area contributed by atoms with Crippen LogP contribution in [-0.2, 0) is 9.59 Å². The molecule has 1 N–H and O–H groups in total. The highest BCUT2D eigenvalue weighted by molar-refractivity contribution is 6.21. The number of carbonyl (C=O) groups is 2. The summed E-state index contributed by atoms with van der Waals surface area (Å²) < 4.78 is 0. The maximum atomic E-state index is 12.7. The Balaban J connectivity index is 1.83. The largest absolute Gasteiger partial charge is 0.322 e. The monoisotopic (exact) mass is 287 g/mol. The molecule has 3 rings (SSSR count). The third-order valence-corrected chi connectivity index (χ3v) is 4.87. The van der Waals surface area contributed by atoms with Gasteiger partial charge in [0, 0.05) is 0 Å². The number of hydrogen-bond donors (Lipinski definition) is 1. The number of imide groups is 1. The maximum Gasteiger partial charge on any atom is 0.292 e. The van der Waals surface area contributed by atoms with Crippen LogP contribution in [0.15, 0.2) is 24.3 Å². The number of carbonyl (C=O) groups excluding carboxylic acids is 2. The lowest BCUT2D eigenvalue weighted by molar-refractivity contribution is -0.942. The predicted molar refractivity (Wildman–Crippen MR) is 81.2 cm³/mol. The average molecular weight is 287 g/mol. The van der Waals surface area contributed by atoms with Gasteiger partial charge in [-0.15, -0.1) is 0 Å². The molecule has 1 unspecified atom stereocenters. The molecule has 4 nitrogen and oxygen atoms in total. The second-order valence-corrected chi connectivity index (χ2v) is 6.38. The van der Waals surface area contributed by atoms with Crippen LogP contribution >= 0.6 is 0 Å². The molecule has 2 aliphatic heterocycles. The molecule has 2 aliphatic rings. The molecule has 0 aromatic heterocycles. The van der Waals surface area contributed by atoms with Crippen LogP contribution in [0.3, 0.4) is 0 Å². The number of quaternary nitrogens is 1. The van der Waals surface area contributed by atoms with Gasteiger partial charge in [0.25, 0.3) is 5.91 Å². The van der Waals surface area contributed by atoms with Crippen LogP contribution in [0.4, 0.5) is 5.69 Å². The van der Waals surface area contributed by atoms with Crippen molar-refractivity contribution < 1.29 is 14.5 Å². The van der Waals surface area contributed by atoms with Crippen molar-refractivity contribution in [3.05, 3.63) is 29.8 Å². The Bertz CT molecular complexity index is 552. The van der Waals surface area contributed by atoms with Crippen LogP contribution in [0.5, 0.6) is 0 Å². The van der Waals surface area contributed by atoms with Crippen LogP contribution in [-0.4, -0.2) is 30.4 Å². The molecular formula is C17H23N2O2+. The van der Waals surface area contributed by atoms with E-state index in [1.54, 1.807) is 0 Å². The number of anilines is 1. The maximum absolute atomic E-state index is 12.7. The first kappa shape index (κ1) is 14.3. The van der Waals surface area contributed by atoms with Crippen molar-refractivity contribution in [3.8, 4) is 0 Å². The van der Waals surface area contributed by atoms with Gasteiger partial charge in [-0.05, 0) is 45.2 Å². The minimum absolute atomic E-state index is 0.0207. The Morgan fingerprint density at radius 1 is 1.14 bits per heavy atom. The van der Waals surface area contributed by atoms with Gasteiger partial charge in [-0.25, -0.2) is 4.90 Å². The average Bonchev–Trinajstić information content (AvgIpc) is 2.76. The molecule has 0 aliphatic carbocycles. The molecule has 112 valence electrons. The number of likely N-dealkylation sites (tertiary alicyclic amines) is 1. The highest BCUT2D eigenvalue weighted by atomic mass is 16.2. The van der Waals surface area contributed by atoms with Gasteiger partial charge < -0.3 is 4.90 Å². The van der Waals surface area contributed by atoms with E-state index in [9.17, 15) is 9.59 Å². The topological polar surface area (TPSA) is 41.8 Å². The number of nitrogens with zero attached hydrogens (tertiary/aromatic N) is 1. The van der Waals surface area contributed by atoms with Gasteiger partial charge in [0.05, 0.1) is 24.7 Å². The summed E-state index contributed by atoms with van der Waals surface area (Å²) in [5.74, 6) is -0.0771. The standard InChI is InChI=1S/C17H22N2O2/c1-12-6-8-14(9-7-12)19-16(20)11-15(17(19)21)18-10-4-3-5-13(18)2/h6-9,13,15H,3-5,10-11H2,1-2H3/p+1/t13-,15-/m1/s1. The minimum atomic E-state index is -0.186. The molecule has 0 bridgehead atoms. The summed E-state index contributed by atoms with van der Waals surface area (Å²) in [5.41, 5.74) is 1.84. The number of piperidine rings is 1. The van der Waals surface area contributed by atoms with Crippen molar-refractivity contribution in [1.29, 1.82) is 0 Å². The van der Waals surface area contributed by atoms with Gasteiger partial charge in [0.2, 0.25) is 5.91 Å². The van der Waals surface area contributed by atoms with E-state index in [0.29, 0.717) is 18.2 Å². The van der Waals surface area contributed by atoms with E-state index in [-0.39, 0.29) is 17.9 Å². The Labute approximate surface area is 125 Å². The fraction of sp³-hybridized carbons (Fsp3) is 0.529. The summed E-state index contributed by atoms with van der Waals surface area (Å²) in [5, 5.41) is 0. The number of amides is 2. The van der Waals surface area contributed by atoms with E-state index in [2.05, 4.69) is 6.92 Å². The summed E-state index contributed by atoms with van der Waals surface area (Å²) in [6.45, 7) is 5.20. The van der Waals surface area contributed by atoms with Crippen molar-refractivity contribution in [2.75, 3.05) is 11.4 Å². The summed E-state index contributed by atoms with van der Waals surface area (Å²) in [7, 11) is 0. The van der Waals surface area contributed by atoms with E-state index >= 15 is 0 Å². The second-order valence-electron chi connectivity index (χ2n) is 6.38. The Kier molecular flexibility index (Phi) is 3.81. The van der Waals surface area contributed by atoms with Gasteiger partial charge in [-0.2, -0.15) is 0 Å². The van der Waals surface area contributed by atoms with Gasteiger partial charge in [0.1, 0.15) is 0 Å². The van der Waals surface area contributed by atoms with Gasteiger partial charge in [0.15, 0.2) is 6.04 Å². The fourth-order valence-corrected chi connectivity index (χ4v) is 3.62. The Morgan fingerprint density at radius 2 is 1.86 bits per heavy atom. The Hall–Kier alpha value is -1.68. The van der Waals surface area contributed by atoms with Crippen molar-refractivity contribution >= 4 is 17.5 Å². The number of rotatable bonds is 2. The zero-order valence-electron chi connectivity index (χ0n) is 12.8. The first-order valence-corrected chi connectivity index (χ1v) is 7.87. The molecule has 2 fully saturated rings. The molecule has 2 saturated heterocycles. The lowest BCUT2D eigenvalue weighted by Crippen LogP contribution is -3.20. The summed E-state index contributed by atoms with van der Waals surface area (Å²) in [6, 6.07) is 7.90. The van der Waals surface area contributed by atoms with Crippen LogP contribution in [0, 0.1) is 6.92 Å². The molecular weight excluding hydrogens is 264 g/mol. The molecule has 4 heteroatoms. The molecule has 21 heavy (non-hydrogen) atoms. The lowest BCUT2D eigenvalue weighted by Gasteiger charge is -2.33. The van der Waals surface area contributed by atoms with Gasteiger partial charge >= 0.3 is 0 Å². The normalized spacial score (nSPS) is 30.0. The molecule has 1 aromatic rings. The Morgan fingerprint density at radius 3 is 2.52 bits per heavy atom. The number of nitrogens with one attached hydrogen (secondary N) is 1. The van der Waals surface area contributed by atoms with E-state index in [4.69, 9.17) is 0 Å². The molecule has 2 heterocycles. The van der Waals surface area contributed by atoms with Crippen molar-refractivity contribution in [2.24, 2.45) is 0 Å². The molecule has 0 saturated carbocycles. The van der Waals surface area contributed by atoms with Crippen LogP contribution in [0.1, 0.15) is 38.2 Å². The van der Waals surface area contributed by atoms with Crippen molar-refractivity contribution in [3.63, 3.8) is 0 Å². The minimum Gasteiger partial charge on any atom is -0.322 e. The lowest BCUT2D eigenvalue weighted by atomic mass is 10.0. The smallest absolute Gasteiger partial charge is 0.292 e. The van der Waals surface area contributed by atoms with Crippen LogP contribution < -0.4 is 9.80 Å². The first-order valence-electron chi connectivity index (χ1n) is 7.87. The number of aryl methyl sites for hydroxylation is 1. The fourth-order valence-electron chi connectivity index (χ4n) is 3.62. The van der Waals surface area contributed by atoms with E-state index in [1.165, 1.54) is 16.2 Å². The van der Waals surface area contributed by atoms with Crippen molar-refractivity contribution in [1.82, 2.24) is 0 Å². The van der Waals surface area contributed by atoms with Gasteiger partial charge in [-0.1, -0.05) is 17.7 Å². The molecule has 0 radical (unpaired) electrons. The van der Waals surface area contributed by atoms with E-state index in [1.807, 2.05) is 31.2 Å². The zero-order valence-corrected chi connectivity index (χ0v) is 12.8. The van der Waals surface area contributed by atoms with Gasteiger partial charge in [-0.3, -0.25) is 9.59 Å². The molecule has 3 atom stereocenters. The predicted octanol–water partition coefficient (Wildman–Crippen LogP) is 1.08. The van der Waals surface area contributed by atoms with Crippen LogP contribution in [0.2, 0.25) is 0 Å². The van der Waals surface area contributed by atoms with E-state index in [0.717, 1.165) is 24.9 Å². The number of benzene rings is 1. The van der Waals surface area contributed by atoms with Crippen molar-refractivity contribution in [2.45, 2.75) is 51.6 Å². The number of hydrogen-bond acceptors (Lipinski definition) is 2. The molecule has 0 spiro atoms. The van der Waals surface area contributed by atoms with E-state index < -0.39 is 0 Å². The highest BCUT2D eigenvalue weighted by Crippen LogP contribution is 2.23. The summed E-state index contributed by atoms with van der Waals surface area (Å²) >= 11 is 0. The quantitative estimate of drug-likeness (QED) is 0.827. The summed E-state index contributed by atoms with van der Waals surface area (Å²) in [6.07, 6.45) is 3.90. The third-order valence-electron chi connectivity index (χ3n) is 4.87. The SMILES string of the molecule is Cc1ccc(N2C(=O)C[C@@H]([NH+]3CCCC[C@H]3C)C2=O)cc1. The van der Waals surface area contributed by atoms with Crippen LogP contribution in [0.25, 0.3) is 0 Å². The summed E-state index contributed by atoms with van der Waals surface area (Å²) in [4.78, 5) is 27.7. The molecule has 1 aromatic carbocycles.